The molecule has 0 radical (unpaired) electrons. The Balaban J connectivity index is 0.000000360. The van der Waals surface area contributed by atoms with Crippen molar-refractivity contribution in [2.75, 3.05) is 13.2 Å². The van der Waals surface area contributed by atoms with Crippen molar-refractivity contribution in [3.8, 4) is 12.3 Å². The smallest absolute Gasteiger partial charge is 0.302 e. The number of ketones is 1. The zero-order chi connectivity index (χ0) is 51.8. The van der Waals surface area contributed by atoms with Gasteiger partial charge in [0.25, 0.3) is 0 Å². The number of Topliss-reactive ketones (excluding diaryl/α,β-unsaturated/α-hetero) is 1. The van der Waals surface area contributed by atoms with Crippen LogP contribution in [0.2, 0.25) is 0 Å². The average Bonchev–Trinajstić information content (AvgIpc) is 3.62. The van der Waals surface area contributed by atoms with Gasteiger partial charge < -0.3 is 34.6 Å². The first kappa shape index (κ1) is 63.1. The molecule has 4 N–H and O–H groups in total. The van der Waals surface area contributed by atoms with Crippen molar-refractivity contribution in [2.24, 2.45) is 28.6 Å². The number of ether oxygens (including phenoxy) is 3. The third-order valence-electron chi connectivity index (χ3n) is 16.0. The van der Waals surface area contributed by atoms with Crippen molar-refractivity contribution in [1.82, 2.24) is 0 Å². The number of fused-ring (bicyclic) bond motifs is 5. The van der Waals surface area contributed by atoms with E-state index in [-0.39, 0.29) is 49.0 Å². The van der Waals surface area contributed by atoms with Gasteiger partial charge in [0.2, 0.25) is 0 Å². The normalized spacial score (nSPS) is 25.0. The molecule has 10 atom stereocenters. The molecule has 70 heavy (non-hydrogen) atoms. The van der Waals surface area contributed by atoms with Crippen LogP contribution in [0.4, 0.5) is 0 Å². The summed E-state index contributed by atoms with van der Waals surface area (Å²) in [6.45, 7) is 12.5. The fourth-order valence-electron chi connectivity index (χ4n) is 11.9. The van der Waals surface area contributed by atoms with Gasteiger partial charge in [-0.25, -0.2) is 0 Å². The first-order valence-corrected chi connectivity index (χ1v) is 27.9. The maximum absolute atomic E-state index is 12.4. The number of aliphatic hydroxyl groups is 4. The Kier molecular flexibility index (Phi) is 32.4. The molecule has 0 aliphatic heterocycles. The van der Waals surface area contributed by atoms with Crippen molar-refractivity contribution in [3.05, 3.63) is 24.3 Å². The van der Waals surface area contributed by atoms with Crippen molar-refractivity contribution in [3.63, 3.8) is 0 Å². The minimum atomic E-state index is -0.775. The molecule has 0 spiro atoms. The third kappa shape index (κ3) is 25.1. The molecular weight excluding hydrogens is 885 g/mol. The minimum absolute atomic E-state index is 0.0286. The first-order valence-electron chi connectivity index (χ1n) is 27.9. The summed E-state index contributed by atoms with van der Waals surface area (Å²) >= 11 is 0. The zero-order valence-electron chi connectivity index (χ0n) is 44.7. The molecule has 0 saturated heterocycles. The minimum Gasteiger partial charge on any atom is -0.463 e. The monoisotopic (exact) mass is 985 g/mol. The molecule has 11 heteroatoms. The topological polar surface area (TPSA) is 177 Å². The van der Waals surface area contributed by atoms with Crippen molar-refractivity contribution in [2.45, 2.75) is 271 Å². The Hall–Kier alpha value is -3.04. The molecule has 0 aromatic heterocycles. The van der Waals surface area contributed by atoms with Gasteiger partial charge in [0.05, 0.1) is 24.4 Å². The van der Waals surface area contributed by atoms with Gasteiger partial charge in [0.1, 0.15) is 25.1 Å². The molecule has 0 aromatic carbocycles. The summed E-state index contributed by atoms with van der Waals surface area (Å²) in [5.74, 6) is 4.19. The van der Waals surface area contributed by atoms with Crippen LogP contribution >= 0.6 is 0 Å². The van der Waals surface area contributed by atoms with E-state index in [1.807, 2.05) is 6.08 Å². The summed E-state index contributed by atoms with van der Waals surface area (Å²) in [6, 6.07) is 0. The second-order valence-electron chi connectivity index (χ2n) is 21.8. The van der Waals surface area contributed by atoms with E-state index in [0.29, 0.717) is 36.4 Å². The summed E-state index contributed by atoms with van der Waals surface area (Å²) in [5.41, 5.74) is 1.74. The van der Waals surface area contributed by atoms with E-state index >= 15 is 0 Å². The lowest BCUT2D eigenvalue weighted by Crippen LogP contribution is -2.50. The van der Waals surface area contributed by atoms with Crippen LogP contribution in [0.3, 0.4) is 0 Å². The summed E-state index contributed by atoms with van der Waals surface area (Å²) < 4.78 is 14.9. The number of aliphatic hydroxyl groups excluding tert-OH is 4. The number of carbonyl (C=O) groups is 4. The van der Waals surface area contributed by atoms with E-state index in [1.54, 1.807) is 0 Å². The second kappa shape index (κ2) is 36.0. The standard InChI is InChI=1S/C21H30O3.C19H36O4.C19H34O4/c1-13(22)24-15-8-10-20(2)14(12-15)4-5-16-17-6-7-19(23)21(17,3)11-9-18(16)20;2*1-3-4-5-6-7-8-9-10-11-12-13-14-18(21)15-19(22)16-23-17(2)20/h4,15-18H,5-12H2,1-3H3;3,18-19,21-22H,1,4-16H2,2H3;1,18-19,21-22H,4-16H2,2H3. The Labute approximate surface area is 425 Å². The first-order chi connectivity index (χ1) is 33.5. The number of hydrogen-bond donors (Lipinski definition) is 4. The maximum Gasteiger partial charge on any atom is 0.302 e. The van der Waals surface area contributed by atoms with Gasteiger partial charge in [-0.2, -0.15) is 0 Å². The van der Waals surface area contributed by atoms with Crippen molar-refractivity contribution < 1.29 is 53.8 Å². The molecule has 11 nitrogen and oxygen atoms in total. The number of rotatable bonds is 32. The highest BCUT2D eigenvalue weighted by Crippen LogP contribution is 2.64. The third-order valence-corrected chi connectivity index (χ3v) is 16.0. The lowest BCUT2D eigenvalue weighted by atomic mass is 9.48. The number of allylic oxidation sites excluding steroid dienone is 2. The zero-order valence-corrected chi connectivity index (χ0v) is 44.7. The fraction of sp³-hybridized carbons (Fsp3) is 0.831. The molecular formula is C59H100O11. The Morgan fingerprint density at radius 2 is 1.13 bits per heavy atom. The number of carbonyl (C=O) groups excluding carboxylic acids is 4. The maximum atomic E-state index is 12.4. The van der Waals surface area contributed by atoms with Gasteiger partial charge in [0, 0.05) is 58.3 Å². The number of terminal acetylenes is 1. The van der Waals surface area contributed by atoms with Crippen LogP contribution in [-0.4, -0.2) is 87.9 Å². The number of hydrogen-bond acceptors (Lipinski definition) is 11. The van der Waals surface area contributed by atoms with E-state index in [2.05, 4.69) is 32.4 Å². The lowest BCUT2D eigenvalue weighted by molar-refractivity contribution is -0.149. The SMILES string of the molecule is C#CCCCCCCCCCCCC(O)CC(O)COC(C)=O.C=CCCCCCCCCCCCC(O)CC(O)COC(C)=O.CC(=O)OC1CCC2(C)C(=CCC3C4CCC(=O)C4(C)CCC32)C1. The van der Waals surface area contributed by atoms with Crippen LogP contribution in [0.1, 0.15) is 240 Å². The number of esters is 3. The Morgan fingerprint density at radius 3 is 1.60 bits per heavy atom. The van der Waals surface area contributed by atoms with E-state index in [0.717, 1.165) is 89.9 Å². The van der Waals surface area contributed by atoms with Crippen LogP contribution in [0, 0.1) is 40.9 Å². The van der Waals surface area contributed by atoms with Crippen LogP contribution < -0.4 is 0 Å². The largest absolute Gasteiger partial charge is 0.463 e. The van der Waals surface area contributed by atoms with Crippen LogP contribution in [0.25, 0.3) is 0 Å². The van der Waals surface area contributed by atoms with E-state index in [1.165, 1.54) is 116 Å². The van der Waals surface area contributed by atoms with E-state index in [9.17, 15) is 39.6 Å². The summed E-state index contributed by atoms with van der Waals surface area (Å²) in [5, 5.41) is 38.8. The molecule has 0 heterocycles. The summed E-state index contributed by atoms with van der Waals surface area (Å²) in [7, 11) is 0. The van der Waals surface area contributed by atoms with E-state index in [4.69, 9.17) is 20.6 Å². The van der Waals surface area contributed by atoms with Crippen LogP contribution in [0.15, 0.2) is 24.3 Å². The quantitative estimate of drug-likeness (QED) is 0.0166. The molecule has 4 aliphatic carbocycles. The predicted molar refractivity (Wildman–Crippen MR) is 279 cm³/mol. The summed E-state index contributed by atoms with van der Waals surface area (Å²) in [6.07, 6.45) is 41.4. The summed E-state index contributed by atoms with van der Waals surface area (Å²) in [4.78, 5) is 45.0. The Morgan fingerprint density at radius 1 is 0.671 bits per heavy atom. The van der Waals surface area contributed by atoms with Gasteiger partial charge in [-0.15, -0.1) is 18.9 Å². The fourth-order valence-corrected chi connectivity index (χ4v) is 11.9. The van der Waals surface area contributed by atoms with E-state index < -0.39 is 36.4 Å². The van der Waals surface area contributed by atoms with Gasteiger partial charge in [-0.3, -0.25) is 19.2 Å². The second-order valence-corrected chi connectivity index (χ2v) is 21.8. The highest BCUT2D eigenvalue weighted by Gasteiger charge is 2.58. The molecule has 3 fully saturated rings. The molecule has 3 saturated carbocycles. The Bertz CT molecular complexity index is 1570. The van der Waals surface area contributed by atoms with Crippen molar-refractivity contribution >= 4 is 23.7 Å². The molecule has 402 valence electrons. The van der Waals surface area contributed by atoms with Gasteiger partial charge >= 0.3 is 17.9 Å². The number of unbranched alkanes of at least 4 members (excludes halogenated alkanes) is 18. The highest BCUT2D eigenvalue weighted by molar-refractivity contribution is 5.87. The molecule has 4 rings (SSSR count). The molecule has 0 bridgehead atoms. The molecule has 4 aliphatic rings. The van der Waals surface area contributed by atoms with Gasteiger partial charge in [0.15, 0.2) is 0 Å². The average molecular weight is 985 g/mol. The van der Waals surface area contributed by atoms with Gasteiger partial charge in [-0.1, -0.05) is 134 Å². The van der Waals surface area contributed by atoms with Crippen LogP contribution in [0.5, 0.6) is 0 Å². The molecule has 10 unspecified atom stereocenters. The lowest BCUT2D eigenvalue weighted by Gasteiger charge is -2.56. The highest BCUT2D eigenvalue weighted by atomic mass is 16.5. The van der Waals surface area contributed by atoms with Crippen LogP contribution in [-0.2, 0) is 33.4 Å². The predicted octanol–water partition coefficient (Wildman–Crippen LogP) is 12.2. The van der Waals surface area contributed by atoms with Crippen molar-refractivity contribution in [1.29, 1.82) is 0 Å². The van der Waals surface area contributed by atoms with Gasteiger partial charge in [-0.05, 0) is 93.8 Å². The molecule has 0 amide bonds. The molecule has 0 aromatic rings.